The molecule has 5 atom stereocenters. The van der Waals surface area contributed by atoms with Gasteiger partial charge in [0.05, 0.1) is 12.1 Å². The van der Waals surface area contributed by atoms with Gasteiger partial charge in [0.2, 0.25) is 29.4 Å². The van der Waals surface area contributed by atoms with Crippen LogP contribution in [0.2, 0.25) is 0 Å². The number of rotatable bonds is 12. The van der Waals surface area contributed by atoms with Crippen molar-refractivity contribution in [2.24, 2.45) is 28.9 Å². The van der Waals surface area contributed by atoms with Crippen molar-refractivity contribution in [3.05, 3.63) is 12.2 Å². The topological polar surface area (TPSA) is 188 Å². The van der Waals surface area contributed by atoms with Crippen molar-refractivity contribution in [3.63, 3.8) is 0 Å². The van der Waals surface area contributed by atoms with Gasteiger partial charge in [-0.15, -0.1) is 0 Å². The zero-order valence-electron chi connectivity index (χ0n) is 29.0. The van der Waals surface area contributed by atoms with E-state index < -0.39 is 65.0 Å². The number of ketones is 1. The maximum Gasteiger partial charge on any atom is 0.315 e. The van der Waals surface area contributed by atoms with E-state index in [0.717, 1.165) is 38.5 Å². The van der Waals surface area contributed by atoms with Gasteiger partial charge in [0.15, 0.2) is 0 Å². The molecule has 266 valence electrons. The van der Waals surface area contributed by atoms with E-state index in [4.69, 9.17) is 5.73 Å². The average Bonchev–Trinajstić information content (AvgIpc) is 3.31. The van der Waals surface area contributed by atoms with Crippen molar-refractivity contribution in [2.75, 3.05) is 13.1 Å². The molecular formula is C35H54N6O7. The lowest BCUT2D eigenvalue weighted by molar-refractivity contribution is -0.148. The zero-order chi connectivity index (χ0) is 35.3. The van der Waals surface area contributed by atoms with Crippen molar-refractivity contribution in [3.8, 4) is 0 Å². The molecule has 13 heteroatoms. The zero-order valence-corrected chi connectivity index (χ0v) is 29.0. The molecule has 7 amide bonds. The van der Waals surface area contributed by atoms with Crippen LogP contribution in [-0.4, -0.2) is 88.4 Å². The van der Waals surface area contributed by atoms with Crippen LogP contribution in [0.25, 0.3) is 0 Å². The van der Waals surface area contributed by atoms with E-state index in [2.05, 4.69) is 22.5 Å². The van der Waals surface area contributed by atoms with Crippen molar-refractivity contribution < 1.29 is 33.6 Å². The Hall–Kier alpha value is -3.77. The second-order valence-electron chi connectivity index (χ2n) is 15.3. The Kier molecular flexibility index (Phi) is 12.1. The molecule has 2 heterocycles. The fraction of sp³-hybridized carbons (Fsp3) is 0.743. The lowest BCUT2D eigenvalue weighted by Gasteiger charge is -2.38. The number of hydrogen-bond acceptors (Lipinski definition) is 7. The van der Waals surface area contributed by atoms with E-state index in [1.807, 2.05) is 20.8 Å². The highest BCUT2D eigenvalue weighted by molar-refractivity contribution is 6.37. The number of Topliss-reactive ketones (excluding diaryl/α,β-unsaturated/α-hetero) is 1. The van der Waals surface area contributed by atoms with Gasteiger partial charge < -0.3 is 26.6 Å². The van der Waals surface area contributed by atoms with Crippen LogP contribution in [-0.2, 0) is 28.8 Å². The fourth-order valence-corrected chi connectivity index (χ4v) is 7.35. The van der Waals surface area contributed by atoms with Crippen LogP contribution in [0, 0.1) is 23.2 Å². The number of hydrogen-bond donors (Lipinski definition) is 4. The summed E-state index contributed by atoms with van der Waals surface area (Å²) >= 11 is 0. The number of carbonyl (C=O) groups is 7. The lowest BCUT2D eigenvalue weighted by atomic mass is 9.80. The second-order valence-corrected chi connectivity index (χ2v) is 15.3. The van der Waals surface area contributed by atoms with Crippen LogP contribution < -0.4 is 21.7 Å². The number of urea groups is 1. The van der Waals surface area contributed by atoms with E-state index in [1.165, 1.54) is 9.80 Å². The van der Waals surface area contributed by atoms with Crippen LogP contribution in [0.15, 0.2) is 12.2 Å². The molecule has 2 saturated heterocycles. The van der Waals surface area contributed by atoms with Crippen LogP contribution in [0.1, 0.15) is 105 Å². The van der Waals surface area contributed by atoms with Crippen LogP contribution >= 0.6 is 0 Å². The molecule has 4 aliphatic rings. The molecule has 0 bridgehead atoms. The summed E-state index contributed by atoms with van der Waals surface area (Å²) < 4.78 is 0. The number of nitrogens with two attached hydrogens (primary N) is 1. The number of piperidine rings is 1. The minimum Gasteiger partial charge on any atom is -0.363 e. The molecule has 0 radical (unpaired) electrons. The normalized spacial score (nSPS) is 24.4. The molecule has 2 aliphatic carbocycles. The molecule has 4 rings (SSSR count). The first-order chi connectivity index (χ1) is 22.6. The van der Waals surface area contributed by atoms with Crippen LogP contribution in [0.4, 0.5) is 4.79 Å². The number of carbonyl (C=O) groups excluding carboxylic acids is 7. The molecular weight excluding hydrogens is 616 g/mol. The van der Waals surface area contributed by atoms with Gasteiger partial charge in [0, 0.05) is 31.8 Å². The molecule has 48 heavy (non-hydrogen) atoms. The number of nitrogens with one attached hydrogen (secondary N) is 3. The summed E-state index contributed by atoms with van der Waals surface area (Å²) in [6, 6.07) is -4.22. The third-order valence-corrected chi connectivity index (χ3v) is 10.8. The SMILES string of the molecule is C=C1CN(C(=O)[C@@H](NC(=O)N[C@H](CN2C(=O)CCCC2=O)C(C)(C)C)C2CCCCC2)[C@H](C(=O)NC(CC2CCC2)C(=O)C(N)=O)[C@H]1C. The Labute approximate surface area is 283 Å². The standard InChI is InChI=1S/C35H54N6O7/c1-20-18-41(29(21(20)2)32(46)37-24(30(44)31(36)45)17-22-11-9-12-22)33(47)28(23-13-7-6-8-14-23)39-34(48)38-25(35(3,4)5)19-40-26(42)15-10-16-27(40)43/h21-25,28-29H,1,6-19H2,2-5H3,(H2,36,45)(H,37,46)(H2,38,39,48)/t21-,24?,25+,28-,29-/m0/s1. The number of primary amides is 1. The van der Waals surface area contributed by atoms with Gasteiger partial charge in [-0.25, -0.2) is 4.79 Å². The molecule has 2 aliphatic heterocycles. The highest BCUT2D eigenvalue weighted by Gasteiger charge is 2.47. The Morgan fingerprint density at radius 3 is 2.06 bits per heavy atom. The van der Waals surface area contributed by atoms with E-state index >= 15 is 0 Å². The summed E-state index contributed by atoms with van der Waals surface area (Å²) in [6.45, 7) is 11.7. The number of likely N-dealkylation sites (tertiary alicyclic amines) is 2. The number of imide groups is 1. The summed E-state index contributed by atoms with van der Waals surface area (Å²) in [6.07, 6.45) is 8.43. The molecule has 0 spiro atoms. The maximum absolute atomic E-state index is 14.5. The van der Waals surface area contributed by atoms with Crippen molar-refractivity contribution in [1.82, 2.24) is 25.8 Å². The first kappa shape index (κ1) is 37.1. The fourth-order valence-electron chi connectivity index (χ4n) is 7.35. The Morgan fingerprint density at radius 2 is 1.52 bits per heavy atom. The number of nitrogens with zero attached hydrogens (tertiary/aromatic N) is 2. The summed E-state index contributed by atoms with van der Waals surface area (Å²) in [5, 5.41) is 8.61. The highest BCUT2D eigenvalue weighted by atomic mass is 16.2. The minimum atomic E-state index is -1.12. The van der Waals surface area contributed by atoms with Gasteiger partial charge in [-0.1, -0.05) is 78.4 Å². The predicted octanol–water partition coefficient (Wildman–Crippen LogP) is 2.32. The average molecular weight is 671 g/mol. The Balaban J connectivity index is 1.54. The summed E-state index contributed by atoms with van der Waals surface area (Å²) in [5.41, 5.74) is 5.46. The third-order valence-electron chi connectivity index (χ3n) is 10.8. The van der Waals surface area contributed by atoms with Gasteiger partial charge in [0.25, 0.3) is 5.91 Å². The molecule has 5 N–H and O–H groups in total. The molecule has 0 aromatic carbocycles. The van der Waals surface area contributed by atoms with Gasteiger partial charge in [-0.2, -0.15) is 0 Å². The van der Waals surface area contributed by atoms with Crippen LogP contribution in [0.3, 0.4) is 0 Å². The van der Waals surface area contributed by atoms with E-state index in [1.54, 1.807) is 6.92 Å². The lowest BCUT2D eigenvalue weighted by Crippen LogP contribution is -2.61. The smallest absolute Gasteiger partial charge is 0.315 e. The molecule has 0 aromatic heterocycles. The molecule has 13 nitrogen and oxygen atoms in total. The van der Waals surface area contributed by atoms with Crippen molar-refractivity contribution >= 4 is 41.4 Å². The largest absolute Gasteiger partial charge is 0.363 e. The van der Waals surface area contributed by atoms with Gasteiger partial charge >= 0.3 is 6.03 Å². The van der Waals surface area contributed by atoms with Crippen molar-refractivity contribution in [1.29, 1.82) is 0 Å². The van der Waals surface area contributed by atoms with E-state index in [-0.39, 0.29) is 49.6 Å². The highest BCUT2D eigenvalue weighted by Crippen LogP contribution is 2.34. The predicted molar refractivity (Wildman–Crippen MR) is 178 cm³/mol. The first-order valence-corrected chi connectivity index (χ1v) is 17.6. The summed E-state index contributed by atoms with van der Waals surface area (Å²) in [5.74, 6) is -3.91. The molecule has 2 saturated carbocycles. The quantitative estimate of drug-likeness (QED) is 0.139. The molecule has 1 unspecified atom stereocenters. The monoisotopic (exact) mass is 670 g/mol. The van der Waals surface area contributed by atoms with Gasteiger partial charge in [-0.05, 0) is 42.9 Å². The molecule has 4 fully saturated rings. The third kappa shape index (κ3) is 8.82. The van der Waals surface area contributed by atoms with Crippen molar-refractivity contribution in [2.45, 2.75) is 129 Å². The Bertz CT molecular complexity index is 1280. The van der Waals surface area contributed by atoms with Gasteiger partial charge in [0.1, 0.15) is 12.1 Å². The summed E-state index contributed by atoms with van der Waals surface area (Å²) in [4.78, 5) is 94.3. The van der Waals surface area contributed by atoms with E-state index in [9.17, 15) is 33.6 Å². The second kappa shape index (κ2) is 15.6. The number of amides is 7. The minimum absolute atomic E-state index is 0.0222. The Morgan fingerprint density at radius 1 is 0.896 bits per heavy atom. The maximum atomic E-state index is 14.5. The first-order valence-electron chi connectivity index (χ1n) is 17.6. The van der Waals surface area contributed by atoms with E-state index in [0.29, 0.717) is 31.3 Å². The summed E-state index contributed by atoms with van der Waals surface area (Å²) in [7, 11) is 0. The van der Waals surface area contributed by atoms with Crippen LogP contribution in [0.5, 0.6) is 0 Å². The van der Waals surface area contributed by atoms with Gasteiger partial charge in [-0.3, -0.25) is 33.7 Å². The molecule has 0 aromatic rings.